The summed E-state index contributed by atoms with van der Waals surface area (Å²) in [6.07, 6.45) is 43.3. The average molecular weight is 563 g/mol. The maximum atomic E-state index is 11.5. The lowest BCUT2D eigenvalue weighted by atomic mass is 9.88. The van der Waals surface area contributed by atoms with Crippen molar-refractivity contribution >= 4 is 5.97 Å². The van der Waals surface area contributed by atoms with E-state index in [4.69, 9.17) is 0 Å². The molecule has 1 unspecified atom stereocenters. The van der Waals surface area contributed by atoms with Crippen LogP contribution in [0.15, 0.2) is 12.2 Å². The summed E-state index contributed by atoms with van der Waals surface area (Å²) in [6, 6.07) is 0. The minimum atomic E-state index is -0.787. The number of hydrogen-bond acceptors (Lipinski definition) is 1. The maximum Gasteiger partial charge on any atom is 0.331 e. The predicted molar refractivity (Wildman–Crippen MR) is 179 cm³/mol. The Labute approximate surface area is 253 Å². The van der Waals surface area contributed by atoms with E-state index in [0.29, 0.717) is 5.57 Å². The summed E-state index contributed by atoms with van der Waals surface area (Å²) >= 11 is 0. The van der Waals surface area contributed by atoms with E-state index in [2.05, 4.69) is 20.4 Å². The molecule has 40 heavy (non-hydrogen) atoms. The van der Waals surface area contributed by atoms with Crippen molar-refractivity contribution in [2.24, 2.45) is 5.92 Å². The third-order valence-electron chi connectivity index (χ3n) is 9.08. The molecule has 1 atom stereocenters. The van der Waals surface area contributed by atoms with Gasteiger partial charge in [0.2, 0.25) is 0 Å². The lowest BCUT2D eigenvalue weighted by molar-refractivity contribution is -0.133. The van der Waals surface area contributed by atoms with Crippen molar-refractivity contribution in [2.75, 3.05) is 0 Å². The Balaban J connectivity index is 3.54. The van der Waals surface area contributed by atoms with Crippen LogP contribution >= 0.6 is 0 Å². The van der Waals surface area contributed by atoms with Crippen LogP contribution in [0.3, 0.4) is 0 Å². The van der Waals surface area contributed by atoms with Gasteiger partial charge in [-0.3, -0.25) is 0 Å². The molecule has 0 amide bonds. The highest BCUT2D eigenvalue weighted by molar-refractivity contribution is 5.86. The van der Waals surface area contributed by atoms with Gasteiger partial charge in [0.15, 0.2) is 0 Å². The molecule has 0 spiro atoms. The number of carboxylic acid groups (broad SMARTS) is 1. The Morgan fingerprint density at radius 3 is 0.825 bits per heavy atom. The van der Waals surface area contributed by atoms with E-state index < -0.39 is 5.97 Å². The first-order valence-electron chi connectivity index (χ1n) is 18.6. The van der Waals surface area contributed by atoms with E-state index in [0.717, 1.165) is 25.7 Å². The van der Waals surface area contributed by atoms with Crippen LogP contribution in [0.4, 0.5) is 0 Å². The van der Waals surface area contributed by atoms with Gasteiger partial charge in [-0.1, -0.05) is 213 Å². The van der Waals surface area contributed by atoms with Gasteiger partial charge in [-0.25, -0.2) is 4.79 Å². The lowest BCUT2D eigenvalue weighted by Crippen LogP contribution is -2.12. The Morgan fingerprint density at radius 1 is 0.425 bits per heavy atom. The normalized spacial score (nSPS) is 12.2. The second kappa shape index (κ2) is 32.7. The maximum absolute atomic E-state index is 11.5. The highest BCUT2D eigenvalue weighted by atomic mass is 16.4. The van der Waals surface area contributed by atoms with Crippen LogP contribution in [0, 0.1) is 5.92 Å². The minimum absolute atomic E-state index is 0.182. The molecule has 0 heterocycles. The molecule has 0 aromatic carbocycles. The molecule has 0 aromatic heterocycles. The topological polar surface area (TPSA) is 37.3 Å². The summed E-state index contributed by atoms with van der Waals surface area (Å²) in [6.45, 7) is 8.49. The number of carboxylic acids is 1. The molecule has 238 valence electrons. The fourth-order valence-corrected chi connectivity index (χ4v) is 6.19. The molecule has 0 fully saturated rings. The van der Waals surface area contributed by atoms with Crippen LogP contribution in [0.25, 0.3) is 0 Å². The van der Waals surface area contributed by atoms with Crippen LogP contribution in [0.5, 0.6) is 0 Å². The van der Waals surface area contributed by atoms with Gasteiger partial charge in [-0.2, -0.15) is 0 Å². The molecule has 0 aliphatic carbocycles. The van der Waals surface area contributed by atoms with Crippen LogP contribution in [0.2, 0.25) is 0 Å². The van der Waals surface area contributed by atoms with E-state index in [-0.39, 0.29) is 5.92 Å². The Kier molecular flexibility index (Phi) is 32.1. The zero-order valence-electron chi connectivity index (χ0n) is 27.8. The van der Waals surface area contributed by atoms with E-state index >= 15 is 0 Å². The second-order valence-corrected chi connectivity index (χ2v) is 13.0. The molecular formula is C38H74O2. The first kappa shape index (κ1) is 39.2. The molecule has 1 N–H and O–H groups in total. The summed E-state index contributed by atoms with van der Waals surface area (Å²) in [5.41, 5.74) is 0.453. The van der Waals surface area contributed by atoms with E-state index in [1.54, 1.807) is 0 Å². The smallest absolute Gasteiger partial charge is 0.331 e. The summed E-state index contributed by atoms with van der Waals surface area (Å²) in [5, 5.41) is 9.48. The highest BCUT2D eigenvalue weighted by Crippen LogP contribution is 2.25. The zero-order chi connectivity index (χ0) is 29.4. The molecule has 0 rings (SSSR count). The Hall–Kier alpha value is -0.790. The molecular weight excluding hydrogens is 488 g/mol. The SMILES string of the molecule is C=C(C(=O)O)C(CCCCCCCCCCCC)CCCCCCCCCCCCCCCCCCCCCC. The zero-order valence-corrected chi connectivity index (χ0v) is 27.8. The first-order chi connectivity index (χ1) is 19.6. The van der Waals surface area contributed by atoms with Gasteiger partial charge in [-0.15, -0.1) is 0 Å². The van der Waals surface area contributed by atoms with Gasteiger partial charge < -0.3 is 5.11 Å². The van der Waals surface area contributed by atoms with Crippen molar-refractivity contribution in [1.29, 1.82) is 0 Å². The number of unbranched alkanes of at least 4 members (excludes halogenated alkanes) is 28. The Morgan fingerprint density at radius 2 is 0.625 bits per heavy atom. The van der Waals surface area contributed by atoms with Gasteiger partial charge >= 0.3 is 5.97 Å². The standard InChI is InChI=1S/C38H74O2/c1-4-6-8-10-12-14-16-17-18-19-20-21-22-23-24-25-27-29-31-33-35-37(36(3)38(39)40)34-32-30-28-26-15-13-11-9-7-5-2/h37H,3-35H2,1-2H3,(H,39,40). The third kappa shape index (κ3) is 28.7. The average Bonchev–Trinajstić information content (AvgIpc) is 2.95. The van der Waals surface area contributed by atoms with Crippen LogP contribution in [-0.2, 0) is 4.79 Å². The molecule has 2 nitrogen and oxygen atoms in total. The van der Waals surface area contributed by atoms with Crippen molar-refractivity contribution in [3.63, 3.8) is 0 Å². The van der Waals surface area contributed by atoms with Gasteiger partial charge in [0.05, 0.1) is 0 Å². The van der Waals surface area contributed by atoms with E-state index in [1.165, 1.54) is 180 Å². The van der Waals surface area contributed by atoms with Crippen molar-refractivity contribution in [3.8, 4) is 0 Å². The first-order valence-corrected chi connectivity index (χ1v) is 18.6. The van der Waals surface area contributed by atoms with Crippen LogP contribution in [-0.4, -0.2) is 11.1 Å². The van der Waals surface area contributed by atoms with Crippen LogP contribution in [0.1, 0.15) is 219 Å². The molecule has 0 saturated carbocycles. The largest absolute Gasteiger partial charge is 0.478 e. The van der Waals surface area contributed by atoms with Crippen LogP contribution < -0.4 is 0 Å². The van der Waals surface area contributed by atoms with E-state index in [9.17, 15) is 9.90 Å². The van der Waals surface area contributed by atoms with Gasteiger partial charge in [0.1, 0.15) is 0 Å². The Bertz CT molecular complexity index is 526. The van der Waals surface area contributed by atoms with Crippen molar-refractivity contribution in [3.05, 3.63) is 12.2 Å². The summed E-state index contributed by atoms with van der Waals surface area (Å²) < 4.78 is 0. The molecule has 0 radical (unpaired) electrons. The third-order valence-corrected chi connectivity index (χ3v) is 9.08. The molecule has 0 saturated heterocycles. The van der Waals surface area contributed by atoms with Crippen molar-refractivity contribution in [1.82, 2.24) is 0 Å². The van der Waals surface area contributed by atoms with E-state index in [1.807, 2.05) is 0 Å². The molecule has 2 heteroatoms. The minimum Gasteiger partial charge on any atom is -0.478 e. The monoisotopic (exact) mass is 563 g/mol. The number of rotatable bonds is 34. The quantitative estimate of drug-likeness (QED) is 0.0625. The van der Waals surface area contributed by atoms with Crippen molar-refractivity contribution in [2.45, 2.75) is 219 Å². The predicted octanol–water partition coefficient (Wildman–Crippen LogP) is 13.8. The summed E-state index contributed by atoms with van der Waals surface area (Å²) in [7, 11) is 0. The molecule has 0 bridgehead atoms. The molecule has 0 aliphatic rings. The number of aliphatic carboxylic acids is 1. The molecule has 0 aliphatic heterocycles. The van der Waals surface area contributed by atoms with Gasteiger partial charge in [0.25, 0.3) is 0 Å². The summed E-state index contributed by atoms with van der Waals surface area (Å²) in [4.78, 5) is 11.5. The molecule has 0 aromatic rings. The number of hydrogen-bond donors (Lipinski definition) is 1. The number of carbonyl (C=O) groups is 1. The summed E-state index contributed by atoms with van der Waals surface area (Å²) in [5.74, 6) is -0.604. The highest BCUT2D eigenvalue weighted by Gasteiger charge is 2.17. The lowest BCUT2D eigenvalue weighted by Gasteiger charge is -2.17. The van der Waals surface area contributed by atoms with Gasteiger partial charge in [-0.05, 0) is 18.8 Å². The van der Waals surface area contributed by atoms with Gasteiger partial charge in [0, 0.05) is 5.57 Å². The fraction of sp³-hybridized carbons (Fsp3) is 0.921. The van der Waals surface area contributed by atoms with Crippen molar-refractivity contribution < 1.29 is 9.90 Å². The fourth-order valence-electron chi connectivity index (χ4n) is 6.19. The second-order valence-electron chi connectivity index (χ2n) is 13.0.